The molecular formula is C12H23NO4Si. The minimum absolute atomic E-state index is 0.109. The smallest absolute Gasteiger partial charge is 0.304 e. The monoisotopic (exact) mass is 273 g/mol. The number of rotatable bonds is 5. The van der Waals surface area contributed by atoms with Crippen molar-refractivity contribution >= 4 is 20.2 Å². The van der Waals surface area contributed by atoms with Gasteiger partial charge >= 0.3 is 5.97 Å². The maximum atomic E-state index is 11.6. The Labute approximate surface area is 109 Å². The zero-order valence-electron chi connectivity index (χ0n) is 11.9. The fourth-order valence-electron chi connectivity index (χ4n) is 1.80. The van der Waals surface area contributed by atoms with Crippen LogP contribution in [0.25, 0.3) is 0 Å². The van der Waals surface area contributed by atoms with Gasteiger partial charge in [-0.05, 0) is 25.6 Å². The molecule has 1 aliphatic heterocycles. The van der Waals surface area contributed by atoms with E-state index in [-0.39, 0.29) is 17.9 Å². The number of amides is 1. The average Bonchev–Trinajstić information content (AvgIpc) is 2.13. The van der Waals surface area contributed by atoms with Gasteiger partial charge in [0.15, 0.2) is 14.5 Å². The summed E-state index contributed by atoms with van der Waals surface area (Å²) < 4.78 is 11.1. The van der Waals surface area contributed by atoms with Gasteiger partial charge in [-0.15, -0.1) is 0 Å². The predicted molar refractivity (Wildman–Crippen MR) is 70.3 cm³/mol. The summed E-state index contributed by atoms with van der Waals surface area (Å²) in [6, 6.07) is 0. The number of hydrogen-bond acceptors (Lipinski definition) is 4. The van der Waals surface area contributed by atoms with Crippen molar-refractivity contribution in [2.24, 2.45) is 5.92 Å². The summed E-state index contributed by atoms with van der Waals surface area (Å²) >= 11 is 0. The third-order valence-electron chi connectivity index (χ3n) is 3.59. The summed E-state index contributed by atoms with van der Waals surface area (Å²) in [6.07, 6.45) is -0.769. The van der Waals surface area contributed by atoms with Crippen LogP contribution in [-0.4, -0.2) is 32.5 Å². The molecule has 0 aliphatic carbocycles. The molecule has 0 aromatic rings. The lowest BCUT2D eigenvalue weighted by molar-refractivity contribution is -0.172. The highest BCUT2D eigenvalue weighted by Gasteiger charge is 2.47. The molecular weight excluding hydrogens is 250 g/mol. The number of ether oxygens (including phenoxy) is 1. The van der Waals surface area contributed by atoms with E-state index in [0.717, 1.165) is 0 Å². The van der Waals surface area contributed by atoms with Gasteiger partial charge in [0.25, 0.3) is 0 Å². The minimum atomic E-state index is -1.81. The quantitative estimate of drug-likeness (QED) is 0.470. The second-order valence-electron chi connectivity index (χ2n) is 5.65. The van der Waals surface area contributed by atoms with E-state index in [9.17, 15) is 9.59 Å². The van der Waals surface area contributed by atoms with Gasteiger partial charge in [0.1, 0.15) is 5.92 Å². The van der Waals surface area contributed by atoms with Crippen molar-refractivity contribution in [1.29, 1.82) is 0 Å². The number of carbonyl (C=O) groups is 2. The molecule has 0 radical (unpaired) electrons. The molecule has 104 valence electrons. The van der Waals surface area contributed by atoms with Gasteiger partial charge < -0.3 is 14.5 Å². The fourth-order valence-corrected chi connectivity index (χ4v) is 3.17. The first-order chi connectivity index (χ1) is 8.15. The molecule has 1 fully saturated rings. The van der Waals surface area contributed by atoms with Crippen LogP contribution in [0.3, 0.4) is 0 Å². The number of hydrogen-bond donors (Lipinski definition) is 1. The third-order valence-corrected chi connectivity index (χ3v) is 7.35. The molecule has 1 N–H and O–H groups in total. The summed E-state index contributed by atoms with van der Waals surface area (Å²) in [5.74, 6) is -0.890. The van der Waals surface area contributed by atoms with E-state index < -0.39 is 20.5 Å². The second-order valence-corrected chi connectivity index (χ2v) is 10.2. The van der Waals surface area contributed by atoms with Gasteiger partial charge in [-0.1, -0.05) is 13.8 Å². The number of esters is 1. The lowest BCUT2D eigenvalue weighted by Crippen LogP contribution is -2.64. The Morgan fingerprint density at radius 1 is 1.33 bits per heavy atom. The van der Waals surface area contributed by atoms with E-state index in [1.54, 1.807) is 0 Å². The molecule has 0 saturated carbocycles. The first-order valence-corrected chi connectivity index (χ1v) is 9.29. The Bertz CT molecular complexity index is 343. The van der Waals surface area contributed by atoms with Gasteiger partial charge in [0.2, 0.25) is 5.91 Å². The molecule has 1 saturated heterocycles. The summed E-state index contributed by atoms with van der Waals surface area (Å²) in [7, 11) is -1.81. The molecule has 1 heterocycles. The first kappa shape index (κ1) is 15.2. The van der Waals surface area contributed by atoms with E-state index in [2.05, 4.69) is 32.3 Å². The maximum absolute atomic E-state index is 11.6. The largest absolute Gasteiger partial charge is 0.441 e. The topological polar surface area (TPSA) is 64.6 Å². The molecule has 0 spiro atoms. The Hall–Kier alpha value is -0.883. The molecule has 0 unspecified atom stereocenters. The van der Waals surface area contributed by atoms with Crippen LogP contribution in [0.15, 0.2) is 0 Å². The third kappa shape index (κ3) is 3.32. The van der Waals surface area contributed by atoms with Gasteiger partial charge in [-0.3, -0.25) is 9.59 Å². The van der Waals surface area contributed by atoms with Crippen LogP contribution in [-0.2, 0) is 18.8 Å². The molecule has 6 heteroatoms. The summed E-state index contributed by atoms with van der Waals surface area (Å²) in [6.45, 7) is 11.7. The summed E-state index contributed by atoms with van der Waals surface area (Å²) in [5.41, 5.74) is 0.468. The Morgan fingerprint density at radius 2 is 1.89 bits per heavy atom. The van der Waals surface area contributed by atoms with E-state index in [1.165, 1.54) is 6.92 Å². The lowest BCUT2D eigenvalue weighted by Gasteiger charge is -2.42. The predicted octanol–water partition coefficient (Wildman–Crippen LogP) is 1.64. The van der Waals surface area contributed by atoms with Crippen LogP contribution in [0.4, 0.5) is 0 Å². The van der Waals surface area contributed by atoms with Crippen LogP contribution in [0.2, 0.25) is 18.6 Å². The van der Waals surface area contributed by atoms with Crippen molar-refractivity contribution in [3.05, 3.63) is 0 Å². The minimum Gasteiger partial charge on any atom is -0.441 e. The van der Waals surface area contributed by atoms with E-state index >= 15 is 0 Å². The maximum Gasteiger partial charge on any atom is 0.304 e. The van der Waals surface area contributed by atoms with Crippen molar-refractivity contribution in [3.8, 4) is 0 Å². The zero-order chi connectivity index (χ0) is 14.1. The van der Waals surface area contributed by atoms with Crippen molar-refractivity contribution in [2.45, 2.75) is 58.7 Å². The summed E-state index contributed by atoms with van der Waals surface area (Å²) in [5, 5.41) is 2.57. The molecule has 0 aromatic carbocycles. The van der Waals surface area contributed by atoms with Crippen LogP contribution in [0.1, 0.15) is 27.7 Å². The van der Waals surface area contributed by atoms with Crippen molar-refractivity contribution < 1.29 is 18.8 Å². The molecule has 1 rings (SSSR count). The Kier molecular flexibility index (Phi) is 4.55. The molecule has 3 atom stereocenters. The van der Waals surface area contributed by atoms with Gasteiger partial charge in [-0.2, -0.15) is 0 Å². The van der Waals surface area contributed by atoms with E-state index in [4.69, 9.17) is 9.16 Å². The van der Waals surface area contributed by atoms with Crippen molar-refractivity contribution in [1.82, 2.24) is 5.32 Å². The highest BCUT2D eigenvalue weighted by molar-refractivity contribution is 6.72. The molecule has 0 aromatic heterocycles. The highest BCUT2D eigenvalue weighted by atomic mass is 28.4. The van der Waals surface area contributed by atoms with E-state index in [1.807, 2.05) is 6.92 Å². The first-order valence-electron chi connectivity index (χ1n) is 6.30. The number of β-lactam (4-membered cyclic amide) rings is 1. The van der Waals surface area contributed by atoms with E-state index in [0.29, 0.717) is 5.54 Å². The van der Waals surface area contributed by atoms with Crippen molar-refractivity contribution in [3.63, 3.8) is 0 Å². The Balaban J connectivity index is 2.62. The second kappa shape index (κ2) is 5.40. The molecule has 1 amide bonds. The fraction of sp³-hybridized carbons (Fsp3) is 0.833. The number of carbonyl (C=O) groups excluding carboxylic acids is 2. The normalized spacial score (nSPS) is 25.4. The van der Waals surface area contributed by atoms with Crippen LogP contribution >= 0.6 is 0 Å². The van der Waals surface area contributed by atoms with Gasteiger partial charge in [0, 0.05) is 6.92 Å². The van der Waals surface area contributed by atoms with Crippen LogP contribution in [0.5, 0.6) is 0 Å². The van der Waals surface area contributed by atoms with Gasteiger partial charge in [-0.25, -0.2) is 0 Å². The average molecular weight is 273 g/mol. The molecule has 18 heavy (non-hydrogen) atoms. The molecule has 1 aliphatic rings. The Morgan fingerprint density at radius 3 is 2.28 bits per heavy atom. The van der Waals surface area contributed by atoms with Gasteiger partial charge in [0.05, 0.1) is 6.10 Å². The number of nitrogens with one attached hydrogen (secondary N) is 1. The van der Waals surface area contributed by atoms with Crippen LogP contribution in [0, 0.1) is 5.92 Å². The van der Waals surface area contributed by atoms with Crippen LogP contribution < -0.4 is 5.32 Å². The molecule has 0 bridgehead atoms. The summed E-state index contributed by atoms with van der Waals surface area (Å²) in [4.78, 5) is 22.5. The standard InChI is InChI=1S/C12H23NO4Si/c1-7(2)18(5,6)17-8(3)10-11(15)13-12(10)16-9(4)14/h7-8,10,12H,1-6H3,(H,13,15)/t8-,10+,12-/m1/s1. The SMILES string of the molecule is CC(=O)O[C@H]1NC(=O)[C@@H]1[C@@H](C)O[Si](C)(C)C(C)C. The highest BCUT2D eigenvalue weighted by Crippen LogP contribution is 2.29. The molecule has 5 nitrogen and oxygen atoms in total. The van der Waals surface area contributed by atoms with Crippen molar-refractivity contribution in [2.75, 3.05) is 0 Å². The zero-order valence-corrected chi connectivity index (χ0v) is 12.9. The lowest BCUT2D eigenvalue weighted by atomic mass is 9.93.